The maximum absolute atomic E-state index is 14.3. The maximum atomic E-state index is 14.3. The molecule has 0 unspecified atom stereocenters. The number of aldehydes is 1. The number of fused-ring (bicyclic) bond motifs is 4. The van der Waals surface area contributed by atoms with Crippen molar-refractivity contribution in [2.75, 3.05) is 0 Å². The smallest absolute Gasteiger partial charge is 0.346 e. The molecule has 0 radical (unpaired) electrons. The Hall–Kier alpha value is -2.81. The van der Waals surface area contributed by atoms with Crippen LogP contribution in [0, 0.1) is 40.9 Å². The van der Waals surface area contributed by atoms with Gasteiger partial charge in [0.25, 0.3) is 0 Å². The van der Waals surface area contributed by atoms with Crippen LogP contribution in [0.5, 0.6) is 0 Å². The number of hydrogen-bond donors (Lipinski definition) is 4. The summed E-state index contributed by atoms with van der Waals surface area (Å²) in [6, 6.07) is 0. The van der Waals surface area contributed by atoms with Gasteiger partial charge in [0.2, 0.25) is 5.78 Å². The van der Waals surface area contributed by atoms with Crippen LogP contribution in [0.2, 0.25) is 0 Å². The van der Waals surface area contributed by atoms with Crippen LogP contribution in [0.3, 0.4) is 0 Å². The van der Waals surface area contributed by atoms with Crippen molar-refractivity contribution in [1.29, 1.82) is 0 Å². The third-order valence-corrected chi connectivity index (χ3v) is 10.5. The van der Waals surface area contributed by atoms with Gasteiger partial charge in [0.05, 0.1) is 24.2 Å². The number of ketones is 1. The fourth-order valence-electron chi connectivity index (χ4n) is 8.42. The number of allylic oxidation sites excluding steroid dienone is 3. The van der Waals surface area contributed by atoms with E-state index in [0.717, 1.165) is 5.57 Å². The van der Waals surface area contributed by atoms with Crippen LogP contribution in [0.15, 0.2) is 58.4 Å². The molecule has 40 heavy (non-hydrogen) atoms. The molecule has 0 aromatic carbocycles. The topological polar surface area (TPSA) is 141 Å². The minimum absolute atomic E-state index is 0.0332. The monoisotopic (exact) mass is 552 g/mol. The SMILES string of the molecule is C/C1=C\[C@@H]2[C@@H](O)C=C(C=O)C[C@]23OC(=O)/C(=C(/O)[C@]2(C)[C@H]4[C@H](C=C[C@H]2/C(C)=C/C[C@@H]1O)[C@@H](O)[C@@H](C)C[C@@H]4C)C3=O. The summed E-state index contributed by atoms with van der Waals surface area (Å²) in [5.41, 5.74) is -2.12. The molecule has 11 atom stereocenters. The highest BCUT2D eigenvalue weighted by molar-refractivity contribution is 6.26. The average Bonchev–Trinajstić information content (AvgIpc) is 3.14. The quantitative estimate of drug-likeness (QED) is 0.168. The van der Waals surface area contributed by atoms with Gasteiger partial charge in [0.1, 0.15) is 17.6 Å². The van der Waals surface area contributed by atoms with Gasteiger partial charge in [-0.15, -0.1) is 0 Å². The molecule has 2 bridgehead atoms. The summed E-state index contributed by atoms with van der Waals surface area (Å²) in [7, 11) is 0. The van der Waals surface area contributed by atoms with Crippen molar-refractivity contribution >= 4 is 18.0 Å². The highest BCUT2D eigenvalue weighted by Gasteiger charge is 2.64. The molecule has 1 spiro atoms. The third-order valence-electron chi connectivity index (χ3n) is 10.5. The van der Waals surface area contributed by atoms with Crippen molar-refractivity contribution in [2.24, 2.45) is 40.9 Å². The number of Topliss-reactive ketones (excluding diaryl/α,β-unsaturated/α-hetero) is 1. The van der Waals surface area contributed by atoms with Gasteiger partial charge in [-0.1, -0.05) is 50.6 Å². The molecule has 0 aromatic heterocycles. The zero-order valence-corrected chi connectivity index (χ0v) is 23.7. The van der Waals surface area contributed by atoms with Gasteiger partial charge in [-0.05, 0) is 61.7 Å². The molecule has 8 nitrogen and oxygen atoms in total. The molecule has 4 N–H and O–H groups in total. The predicted octanol–water partition coefficient (Wildman–Crippen LogP) is 3.29. The normalized spacial score (nSPS) is 49.8. The van der Waals surface area contributed by atoms with Crippen LogP contribution in [0.4, 0.5) is 0 Å². The minimum Gasteiger partial charge on any atom is -0.511 e. The van der Waals surface area contributed by atoms with Gasteiger partial charge in [-0.3, -0.25) is 9.59 Å². The van der Waals surface area contributed by atoms with Gasteiger partial charge in [-0.25, -0.2) is 4.79 Å². The van der Waals surface area contributed by atoms with Gasteiger partial charge >= 0.3 is 5.97 Å². The molecule has 216 valence electrons. The van der Waals surface area contributed by atoms with Crippen LogP contribution in [-0.2, 0) is 19.1 Å². The largest absolute Gasteiger partial charge is 0.511 e. The molecule has 0 amide bonds. The molecular formula is C32H40O8. The van der Waals surface area contributed by atoms with E-state index in [0.29, 0.717) is 18.3 Å². The molecule has 2 fully saturated rings. The summed E-state index contributed by atoms with van der Waals surface area (Å²) in [6.07, 6.45) is 7.02. The fraction of sp³-hybridized carbons (Fsp3) is 0.594. The first-order chi connectivity index (χ1) is 18.8. The number of carbonyl (C=O) groups excluding carboxylic acids is 3. The Kier molecular flexibility index (Phi) is 7.12. The zero-order valence-electron chi connectivity index (χ0n) is 23.7. The lowest BCUT2D eigenvalue weighted by molar-refractivity contribution is -0.159. The summed E-state index contributed by atoms with van der Waals surface area (Å²) in [4.78, 5) is 39.7. The van der Waals surface area contributed by atoms with Gasteiger partial charge < -0.3 is 25.2 Å². The van der Waals surface area contributed by atoms with E-state index < -0.39 is 58.5 Å². The molecule has 1 heterocycles. The maximum Gasteiger partial charge on any atom is 0.346 e. The number of esters is 1. The van der Waals surface area contributed by atoms with E-state index in [1.165, 1.54) is 6.08 Å². The highest BCUT2D eigenvalue weighted by atomic mass is 16.6. The van der Waals surface area contributed by atoms with E-state index in [1.807, 2.05) is 39.0 Å². The molecule has 8 heteroatoms. The van der Waals surface area contributed by atoms with E-state index in [1.54, 1.807) is 13.0 Å². The fourth-order valence-corrected chi connectivity index (χ4v) is 8.42. The standard InChI is InChI=1S/C32H40O8/c1-15-6-9-23(34)16(2)11-22-24(35)12-19(14-33)13-32(22)29(38)25(30(39)40-32)28(37)31(5)21(15)8-7-20-26(31)17(3)10-18(4)27(20)36/h6-8,11-12,14,17-18,20-24,26-27,34-37H,9-10,13H2,1-5H3/b15-6+,16-11+,28-25+/t17-,18-,20-,21-,22+,23-,24-,26+,27-,31-,32-/m0/s1. The molecule has 1 saturated heterocycles. The summed E-state index contributed by atoms with van der Waals surface area (Å²) >= 11 is 0. The van der Waals surface area contributed by atoms with E-state index in [2.05, 4.69) is 6.92 Å². The number of aliphatic hydroxyl groups is 4. The Labute approximate surface area is 234 Å². The number of aliphatic hydroxyl groups excluding tert-OH is 4. The van der Waals surface area contributed by atoms with Crippen LogP contribution < -0.4 is 0 Å². The van der Waals surface area contributed by atoms with E-state index in [9.17, 15) is 34.8 Å². The Bertz CT molecular complexity index is 1290. The second-order valence-electron chi connectivity index (χ2n) is 12.9. The molecule has 0 aromatic rings. The van der Waals surface area contributed by atoms with Crippen molar-refractivity contribution in [3.63, 3.8) is 0 Å². The van der Waals surface area contributed by atoms with Gasteiger partial charge in [0, 0.05) is 23.7 Å². The van der Waals surface area contributed by atoms with Crippen molar-refractivity contribution in [3.05, 3.63) is 58.4 Å². The molecule has 4 aliphatic carbocycles. The Morgan fingerprint density at radius 2 is 1.73 bits per heavy atom. The Morgan fingerprint density at radius 1 is 1.02 bits per heavy atom. The number of hydrogen-bond acceptors (Lipinski definition) is 8. The molecule has 5 aliphatic rings. The Balaban J connectivity index is 1.79. The number of rotatable bonds is 1. The molecule has 5 rings (SSSR count). The summed E-state index contributed by atoms with van der Waals surface area (Å²) in [5.74, 6) is -4.22. The minimum atomic E-state index is -1.94. The first kappa shape index (κ1) is 28.7. The van der Waals surface area contributed by atoms with Crippen molar-refractivity contribution in [1.82, 2.24) is 0 Å². The molecule has 1 saturated carbocycles. The van der Waals surface area contributed by atoms with Gasteiger partial charge in [0.15, 0.2) is 5.60 Å². The second-order valence-corrected chi connectivity index (χ2v) is 12.9. The molecular weight excluding hydrogens is 512 g/mol. The Morgan fingerprint density at radius 3 is 2.40 bits per heavy atom. The van der Waals surface area contributed by atoms with Crippen molar-refractivity contribution < 1.29 is 39.5 Å². The number of ether oxygens (including phenoxy) is 1. The van der Waals surface area contributed by atoms with Gasteiger partial charge in [-0.2, -0.15) is 0 Å². The second kappa shape index (κ2) is 9.93. The predicted molar refractivity (Wildman–Crippen MR) is 147 cm³/mol. The number of carbonyl (C=O) groups is 3. The summed E-state index contributed by atoms with van der Waals surface area (Å²) in [5, 5.41) is 45.4. The first-order valence-corrected chi connectivity index (χ1v) is 14.2. The van der Waals surface area contributed by atoms with E-state index in [4.69, 9.17) is 4.74 Å². The van der Waals surface area contributed by atoms with Crippen LogP contribution in [0.1, 0.15) is 53.9 Å². The van der Waals surface area contributed by atoms with Crippen LogP contribution in [0.25, 0.3) is 0 Å². The zero-order chi connectivity index (χ0) is 29.3. The van der Waals surface area contributed by atoms with Crippen LogP contribution in [-0.4, -0.2) is 62.4 Å². The first-order valence-electron chi connectivity index (χ1n) is 14.2. The lowest BCUT2D eigenvalue weighted by atomic mass is 9.49. The average molecular weight is 553 g/mol. The van der Waals surface area contributed by atoms with E-state index in [-0.39, 0.29) is 47.8 Å². The van der Waals surface area contributed by atoms with E-state index >= 15 is 0 Å². The highest BCUT2D eigenvalue weighted by Crippen LogP contribution is 2.60. The molecule has 1 aliphatic heterocycles. The summed E-state index contributed by atoms with van der Waals surface area (Å²) in [6.45, 7) is 9.50. The third kappa shape index (κ3) is 4.02. The van der Waals surface area contributed by atoms with Crippen molar-refractivity contribution in [3.8, 4) is 0 Å². The lowest BCUT2D eigenvalue weighted by Gasteiger charge is -2.55. The summed E-state index contributed by atoms with van der Waals surface area (Å²) < 4.78 is 5.81. The lowest BCUT2D eigenvalue weighted by Crippen LogP contribution is -2.54. The van der Waals surface area contributed by atoms with Crippen LogP contribution >= 0.6 is 0 Å². The van der Waals surface area contributed by atoms with Crippen molar-refractivity contribution in [2.45, 2.75) is 77.8 Å².